The third-order valence-electron chi connectivity index (χ3n) is 5.58. The van der Waals surface area contributed by atoms with Crippen molar-refractivity contribution in [2.24, 2.45) is 0 Å². The number of anilines is 1. The molecule has 1 atom stereocenters. The number of aryl methyl sites for hydroxylation is 1. The van der Waals surface area contributed by atoms with Crippen LogP contribution in [0.1, 0.15) is 18.3 Å². The summed E-state index contributed by atoms with van der Waals surface area (Å²) in [6, 6.07) is 6.57. The van der Waals surface area contributed by atoms with Gasteiger partial charge in [0, 0.05) is 17.7 Å². The summed E-state index contributed by atoms with van der Waals surface area (Å²) in [6.07, 6.45) is -3.33. The van der Waals surface area contributed by atoms with E-state index in [0.717, 1.165) is 23.5 Å². The molecule has 0 unspecified atom stereocenters. The first-order valence-corrected chi connectivity index (χ1v) is 12.7. The van der Waals surface area contributed by atoms with E-state index in [2.05, 4.69) is 30.2 Å². The molecule has 0 aliphatic carbocycles. The molecule has 1 amide bonds. The van der Waals surface area contributed by atoms with Crippen molar-refractivity contribution in [3.05, 3.63) is 60.1 Å². The lowest BCUT2D eigenvalue weighted by Crippen LogP contribution is -2.24. The van der Waals surface area contributed by atoms with Gasteiger partial charge in [-0.2, -0.15) is 13.2 Å². The highest BCUT2D eigenvalue weighted by molar-refractivity contribution is 7.21. The monoisotopic (exact) mass is 588 g/mol. The Morgan fingerprint density at radius 2 is 1.80 bits per heavy atom. The largest absolute Gasteiger partial charge is 0.484 e. The van der Waals surface area contributed by atoms with Gasteiger partial charge in [0.15, 0.2) is 11.6 Å². The van der Waals surface area contributed by atoms with Crippen LogP contribution < -0.4 is 14.8 Å². The predicted octanol–water partition coefficient (Wildman–Crippen LogP) is 6.19. The highest BCUT2D eigenvalue weighted by atomic mass is 32.1. The number of fused-ring (bicyclic) bond motifs is 2. The number of hydrogen-bond acceptors (Lipinski definition) is 10. The fourth-order valence-electron chi connectivity index (χ4n) is 3.78. The van der Waals surface area contributed by atoms with Crippen molar-refractivity contribution < 1.29 is 36.6 Å². The van der Waals surface area contributed by atoms with Crippen molar-refractivity contribution in [3.8, 4) is 22.2 Å². The van der Waals surface area contributed by atoms with E-state index in [4.69, 9.17) is 14.2 Å². The average Bonchev–Trinajstić information content (AvgIpc) is 3.33. The third kappa shape index (κ3) is 6.24. The van der Waals surface area contributed by atoms with Gasteiger partial charge < -0.3 is 14.2 Å². The van der Waals surface area contributed by atoms with Crippen LogP contribution in [0.25, 0.3) is 31.8 Å². The highest BCUT2D eigenvalue weighted by Crippen LogP contribution is 2.37. The Kier molecular flexibility index (Phi) is 7.53. The molecule has 0 aliphatic heterocycles. The minimum atomic E-state index is -4.71. The molecule has 0 saturated heterocycles. The van der Waals surface area contributed by atoms with E-state index in [1.54, 1.807) is 6.92 Å². The van der Waals surface area contributed by atoms with E-state index in [-0.39, 0.29) is 18.0 Å². The molecule has 1 N–H and O–H groups in total. The van der Waals surface area contributed by atoms with Gasteiger partial charge in [-0.1, -0.05) is 0 Å². The van der Waals surface area contributed by atoms with E-state index in [1.807, 2.05) is 19.1 Å². The summed E-state index contributed by atoms with van der Waals surface area (Å²) in [5.74, 6) is -1.69. The third-order valence-corrected chi connectivity index (χ3v) is 6.63. The molecule has 0 bridgehead atoms. The second-order valence-electron chi connectivity index (χ2n) is 8.81. The Hall–Kier alpha value is -4.66. The number of methoxy groups -OCH3 is 1. The maximum absolute atomic E-state index is 14.9. The Morgan fingerprint density at radius 1 is 1.05 bits per heavy atom. The molecule has 15 heteroatoms. The molecule has 3 heterocycles. The molecule has 0 fully saturated rings. The fourth-order valence-corrected chi connectivity index (χ4v) is 4.77. The summed E-state index contributed by atoms with van der Waals surface area (Å²) in [6.45, 7) is 3.20. The number of rotatable bonds is 7. The van der Waals surface area contributed by atoms with Crippen LogP contribution in [0, 0.1) is 12.7 Å². The number of carbonyl (C=O) groups excluding carboxylic acids is 1. The maximum atomic E-state index is 14.9. The first kappa shape index (κ1) is 27.9. The van der Waals surface area contributed by atoms with Crippen LogP contribution in [0.15, 0.2) is 42.9 Å². The number of aromatic nitrogens is 5. The van der Waals surface area contributed by atoms with E-state index in [9.17, 15) is 22.4 Å². The smallest absolute Gasteiger partial charge is 0.451 e. The van der Waals surface area contributed by atoms with Crippen LogP contribution in [0.5, 0.6) is 11.6 Å². The normalized spacial score (nSPS) is 12.4. The summed E-state index contributed by atoms with van der Waals surface area (Å²) in [5, 5.41) is 2.83. The van der Waals surface area contributed by atoms with Crippen molar-refractivity contribution in [1.82, 2.24) is 24.9 Å². The lowest BCUT2D eigenvalue weighted by Gasteiger charge is -2.15. The SMILES string of the molecule is COc1cnc2c(-c3nc4cc(F)c(O[C@@H](C)COC(=O)Nc5cnc(C(F)(F)F)nc5)cc4s3)cc(C)cc2n1. The number of nitrogens with one attached hydrogen (secondary N) is 1. The highest BCUT2D eigenvalue weighted by Gasteiger charge is 2.34. The van der Waals surface area contributed by atoms with Crippen molar-refractivity contribution in [2.75, 3.05) is 19.0 Å². The molecule has 5 rings (SSSR count). The van der Waals surface area contributed by atoms with Gasteiger partial charge in [0.1, 0.15) is 17.7 Å². The molecule has 0 saturated carbocycles. The van der Waals surface area contributed by atoms with Crippen molar-refractivity contribution in [2.45, 2.75) is 26.1 Å². The zero-order valence-electron chi connectivity index (χ0n) is 21.6. The summed E-state index contributed by atoms with van der Waals surface area (Å²) < 4.78 is 69.1. The Balaban J connectivity index is 1.27. The molecule has 212 valence electrons. The van der Waals surface area contributed by atoms with Crippen molar-refractivity contribution >= 4 is 44.4 Å². The van der Waals surface area contributed by atoms with Gasteiger partial charge in [-0.3, -0.25) is 5.32 Å². The van der Waals surface area contributed by atoms with Crippen LogP contribution in [0.3, 0.4) is 0 Å². The van der Waals surface area contributed by atoms with Crippen LogP contribution >= 0.6 is 11.3 Å². The molecule has 0 aliphatic rings. The number of thiazole rings is 1. The summed E-state index contributed by atoms with van der Waals surface area (Å²) in [4.78, 5) is 31.8. The lowest BCUT2D eigenvalue weighted by atomic mass is 10.1. The second kappa shape index (κ2) is 11.1. The lowest BCUT2D eigenvalue weighted by molar-refractivity contribution is -0.144. The minimum absolute atomic E-state index is 0.0704. The zero-order chi connectivity index (χ0) is 29.3. The topological polar surface area (TPSA) is 121 Å². The first-order valence-electron chi connectivity index (χ1n) is 11.9. The van der Waals surface area contributed by atoms with Gasteiger partial charge in [-0.25, -0.2) is 34.1 Å². The molecule has 10 nitrogen and oxygen atoms in total. The van der Waals surface area contributed by atoms with E-state index < -0.39 is 30.0 Å². The van der Waals surface area contributed by atoms with Crippen LogP contribution in [0.2, 0.25) is 0 Å². The van der Waals surface area contributed by atoms with E-state index >= 15 is 0 Å². The van der Waals surface area contributed by atoms with E-state index in [1.165, 1.54) is 36.8 Å². The summed E-state index contributed by atoms with van der Waals surface area (Å²) in [7, 11) is 1.51. The zero-order valence-corrected chi connectivity index (χ0v) is 22.4. The van der Waals surface area contributed by atoms with Gasteiger partial charge in [0.25, 0.3) is 0 Å². The number of amides is 1. The van der Waals surface area contributed by atoms with Gasteiger partial charge in [-0.05, 0) is 31.5 Å². The Bertz CT molecular complexity index is 1750. The van der Waals surface area contributed by atoms with E-state index in [0.29, 0.717) is 32.1 Å². The van der Waals surface area contributed by atoms with Crippen LogP contribution in [-0.2, 0) is 10.9 Å². The average molecular weight is 589 g/mol. The maximum Gasteiger partial charge on any atom is 0.451 e. The number of carbonyl (C=O) groups is 1. The molecule has 3 aromatic heterocycles. The molecule has 2 aromatic carbocycles. The Morgan fingerprint density at radius 3 is 2.51 bits per heavy atom. The first-order chi connectivity index (χ1) is 19.5. The van der Waals surface area contributed by atoms with Gasteiger partial charge in [-0.15, -0.1) is 11.3 Å². The predicted molar refractivity (Wildman–Crippen MR) is 141 cm³/mol. The molecule has 0 spiro atoms. The molecule has 5 aromatic rings. The van der Waals surface area contributed by atoms with Gasteiger partial charge in [0.2, 0.25) is 11.7 Å². The van der Waals surface area contributed by atoms with Gasteiger partial charge >= 0.3 is 12.3 Å². The number of hydrogen-bond donors (Lipinski definition) is 1. The second-order valence-corrected chi connectivity index (χ2v) is 9.84. The number of alkyl halides is 3. The minimum Gasteiger partial charge on any atom is -0.484 e. The van der Waals surface area contributed by atoms with Crippen LogP contribution in [-0.4, -0.2) is 50.8 Å². The van der Waals surface area contributed by atoms with Crippen molar-refractivity contribution in [3.63, 3.8) is 0 Å². The number of halogens is 4. The molecule has 41 heavy (non-hydrogen) atoms. The summed E-state index contributed by atoms with van der Waals surface area (Å²) in [5.41, 5.74) is 3.27. The van der Waals surface area contributed by atoms with Gasteiger partial charge in [0.05, 0.1) is 52.6 Å². The van der Waals surface area contributed by atoms with Crippen LogP contribution in [0.4, 0.5) is 28.0 Å². The molecular formula is C26H20F4N6O4S. The molecule has 0 radical (unpaired) electrons. The quantitative estimate of drug-likeness (QED) is 0.222. The molecular weight excluding hydrogens is 568 g/mol. The number of nitrogens with zero attached hydrogens (tertiary/aromatic N) is 5. The fraction of sp³-hybridized carbons (Fsp3) is 0.231. The summed E-state index contributed by atoms with van der Waals surface area (Å²) >= 11 is 1.32. The number of ether oxygens (including phenoxy) is 3. The standard InChI is InChI=1S/C26H20F4N6O4S/c1-12-4-15(22-18(5-12)35-21(38-3)10-31-22)23-36-17-6-16(27)19(7-20(17)41-23)40-13(2)11-39-25(37)34-14-8-32-24(33-9-14)26(28,29)30/h4-10,13H,11H2,1-3H3,(H,34,37)/t13-/m0/s1. The Labute approximate surface area is 233 Å². The number of benzene rings is 2. The van der Waals surface area contributed by atoms with Crippen molar-refractivity contribution in [1.29, 1.82) is 0 Å².